The monoisotopic (exact) mass is 266 g/mol. The number of aromatic hydroxyl groups is 2. The van der Waals surface area contributed by atoms with Crippen LogP contribution in [-0.4, -0.2) is 10.2 Å². The van der Waals surface area contributed by atoms with Gasteiger partial charge in [-0.25, -0.2) is 0 Å². The summed E-state index contributed by atoms with van der Waals surface area (Å²) in [5.74, 6) is 0.458. The molecule has 0 atom stereocenters. The maximum absolute atomic E-state index is 10.4. The molecule has 0 saturated carbocycles. The minimum Gasteiger partial charge on any atom is -0.508 e. The highest BCUT2D eigenvalue weighted by Gasteiger charge is 2.13. The fraction of sp³-hybridized carbons (Fsp3) is 0.111. The molecule has 0 aromatic heterocycles. The summed E-state index contributed by atoms with van der Waals surface area (Å²) in [5.41, 5.74) is 3.14. The molecule has 2 heteroatoms. The number of benzene rings is 2. The lowest BCUT2D eigenvalue weighted by atomic mass is 9.94. The van der Waals surface area contributed by atoms with E-state index in [-0.39, 0.29) is 11.5 Å². The van der Waals surface area contributed by atoms with Crippen LogP contribution in [0, 0.1) is 0 Å². The molecule has 0 saturated heterocycles. The molecule has 0 amide bonds. The summed E-state index contributed by atoms with van der Waals surface area (Å²) in [5, 5.41) is 20.4. The van der Waals surface area contributed by atoms with Gasteiger partial charge in [0.25, 0.3) is 0 Å². The van der Waals surface area contributed by atoms with Crippen molar-refractivity contribution in [3.63, 3.8) is 0 Å². The molecule has 0 radical (unpaired) electrons. The van der Waals surface area contributed by atoms with Crippen LogP contribution < -0.4 is 0 Å². The molecule has 2 aromatic rings. The Hall–Kier alpha value is -2.48. The molecule has 0 bridgehead atoms. The Kier molecular flexibility index (Phi) is 4.26. The van der Waals surface area contributed by atoms with Crippen molar-refractivity contribution in [2.24, 2.45) is 0 Å². The quantitative estimate of drug-likeness (QED) is 0.795. The van der Waals surface area contributed by atoms with Crippen LogP contribution in [0.5, 0.6) is 11.5 Å². The smallest absolute Gasteiger partial charge is 0.126 e. The van der Waals surface area contributed by atoms with Crippen molar-refractivity contribution in [2.75, 3.05) is 0 Å². The third-order valence-electron chi connectivity index (χ3n) is 3.27. The largest absolute Gasteiger partial charge is 0.508 e. The first-order valence-electron chi connectivity index (χ1n) is 6.53. The van der Waals surface area contributed by atoms with Gasteiger partial charge in [0.15, 0.2) is 0 Å². The van der Waals surface area contributed by atoms with Crippen molar-refractivity contribution in [2.45, 2.75) is 12.8 Å². The zero-order valence-electron chi connectivity index (χ0n) is 11.3. The lowest BCUT2D eigenvalue weighted by Gasteiger charge is -2.13. The van der Waals surface area contributed by atoms with Crippen LogP contribution in [0.15, 0.2) is 61.7 Å². The maximum Gasteiger partial charge on any atom is 0.126 e. The molecule has 2 N–H and O–H groups in total. The van der Waals surface area contributed by atoms with Gasteiger partial charge in [-0.3, -0.25) is 0 Å². The van der Waals surface area contributed by atoms with E-state index >= 15 is 0 Å². The first-order valence-corrected chi connectivity index (χ1v) is 6.53. The molecule has 0 aliphatic rings. The van der Waals surface area contributed by atoms with Gasteiger partial charge in [-0.15, -0.1) is 13.2 Å². The predicted molar refractivity (Wildman–Crippen MR) is 83.0 cm³/mol. The lowest BCUT2D eigenvalue weighted by Crippen LogP contribution is -1.92. The minimum atomic E-state index is 0.218. The van der Waals surface area contributed by atoms with Crippen LogP contribution in [0.3, 0.4) is 0 Å². The van der Waals surface area contributed by atoms with Crippen molar-refractivity contribution in [3.8, 4) is 22.6 Å². The highest BCUT2D eigenvalue weighted by atomic mass is 16.3. The average Bonchev–Trinajstić information content (AvgIpc) is 2.44. The zero-order chi connectivity index (χ0) is 14.5. The molecule has 0 fully saturated rings. The Morgan fingerprint density at radius 1 is 0.850 bits per heavy atom. The Morgan fingerprint density at radius 2 is 1.50 bits per heavy atom. The first kappa shape index (κ1) is 13.9. The molecule has 20 heavy (non-hydrogen) atoms. The number of hydrogen-bond donors (Lipinski definition) is 2. The van der Waals surface area contributed by atoms with Crippen LogP contribution in [0.4, 0.5) is 0 Å². The standard InChI is InChI=1S/C18H18O2/c1-3-7-13-9-5-11-16(18(13)20)14-10-6-12-17(19)15(14)8-4-2/h3-6,9-12,19-20H,1-2,7-8H2. The van der Waals surface area contributed by atoms with E-state index in [2.05, 4.69) is 13.2 Å². The molecule has 0 heterocycles. The van der Waals surface area contributed by atoms with E-state index in [4.69, 9.17) is 0 Å². The summed E-state index contributed by atoms with van der Waals surface area (Å²) in [6, 6.07) is 10.9. The summed E-state index contributed by atoms with van der Waals surface area (Å²) in [7, 11) is 0. The fourth-order valence-electron chi connectivity index (χ4n) is 2.31. The van der Waals surface area contributed by atoms with Gasteiger partial charge in [0, 0.05) is 11.1 Å². The van der Waals surface area contributed by atoms with Gasteiger partial charge < -0.3 is 10.2 Å². The van der Waals surface area contributed by atoms with E-state index in [0.29, 0.717) is 12.8 Å². The second kappa shape index (κ2) is 6.11. The average molecular weight is 266 g/mol. The molecule has 0 aliphatic heterocycles. The van der Waals surface area contributed by atoms with E-state index < -0.39 is 0 Å². The van der Waals surface area contributed by atoms with E-state index in [1.807, 2.05) is 24.3 Å². The molecular formula is C18H18O2. The molecule has 2 nitrogen and oxygen atoms in total. The second-order valence-electron chi connectivity index (χ2n) is 4.60. The molecule has 0 unspecified atom stereocenters. The first-order chi connectivity index (χ1) is 9.69. The van der Waals surface area contributed by atoms with Crippen molar-refractivity contribution in [3.05, 3.63) is 72.8 Å². The number of phenolic OH excluding ortho intramolecular Hbond substituents is 2. The van der Waals surface area contributed by atoms with Gasteiger partial charge in [0.05, 0.1) is 0 Å². The molecule has 2 rings (SSSR count). The van der Waals surface area contributed by atoms with Crippen LogP contribution >= 0.6 is 0 Å². The van der Waals surface area contributed by atoms with E-state index in [1.165, 1.54) is 0 Å². The van der Waals surface area contributed by atoms with Crippen LogP contribution in [0.25, 0.3) is 11.1 Å². The van der Waals surface area contributed by atoms with Gasteiger partial charge >= 0.3 is 0 Å². The van der Waals surface area contributed by atoms with Gasteiger partial charge in [-0.1, -0.05) is 42.5 Å². The third-order valence-corrected chi connectivity index (χ3v) is 3.27. The van der Waals surface area contributed by atoms with E-state index in [9.17, 15) is 10.2 Å². The number of phenols is 2. The highest BCUT2D eigenvalue weighted by molar-refractivity contribution is 5.76. The van der Waals surface area contributed by atoms with Crippen molar-refractivity contribution < 1.29 is 10.2 Å². The summed E-state index contributed by atoms with van der Waals surface area (Å²) in [6.45, 7) is 7.41. The molecule has 0 aliphatic carbocycles. The van der Waals surface area contributed by atoms with Crippen molar-refractivity contribution in [1.82, 2.24) is 0 Å². The topological polar surface area (TPSA) is 40.5 Å². The summed E-state index contributed by atoms with van der Waals surface area (Å²) in [6.07, 6.45) is 4.65. The predicted octanol–water partition coefficient (Wildman–Crippen LogP) is 4.22. The zero-order valence-corrected chi connectivity index (χ0v) is 11.3. The number of hydrogen-bond acceptors (Lipinski definition) is 2. The lowest BCUT2D eigenvalue weighted by molar-refractivity contribution is 0.468. The number of para-hydroxylation sites is 1. The maximum atomic E-state index is 10.4. The van der Waals surface area contributed by atoms with Crippen molar-refractivity contribution in [1.29, 1.82) is 0 Å². The SMILES string of the molecule is C=CCc1cccc(-c2cccc(O)c2CC=C)c1O. The Bertz CT molecular complexity index is 642. The summed E-state index contributed by atoms with van der Waals surface area (Å²) in [4.78, 5) is 0. The molecule has 0 spiro atoms. The van der Waals surface area contributed by atoms with Crippen LogP contribution in [0.1, 0.15) is 11.1 Å². The van der Waals surface area contributed by atoms with E-state index in [1.54, 1.807) is 24.3 Å². The molecular weight excluding hydrogens is 248 g/mol. The summed E-state index contributed by atoms with van der Waals surface area (Å²) < 4.78 is 0. The molecule has 2 aromatic carbocycles. The third kappa shape index (κ3) is 2.59. The van der Waals surface area contributed by atoms with Gasteiger partial charge in [-0.05, 0) is 30.0 Å². The van der Waals surface area contributed by atoms with Gasteiger partial charge in [-0.2, -0.15) is 0 Å². The van der Waals surface area contributed by atoms with Crippen LogP contribution in [0.2, 0.25) is 0 Å². The highest BCUT2D eigenvalue weighted by Crippen LogP contribution is 2.37. The van der Waals surface area contributed by atoms with Crippen LogP contribution in [-0.2, 0) is 12.8 Å². The Labute approximate surface area is 119 Å². The van der Waals surface area contributed by atoms with E-state index in [0.717, 1.165) is 22.3 Å². The number of rotatable bonds is 5. The summed E-state index contributed by atoms with van der Waals surface area (Å²) >= 11 is 0. The van der Waals surface area contributed by atoms with Crippen molar-refractivity contribution >= 4 is 0 Å². The van der Waals surface area contributed by atoms with Gasteiger partial charge in [0.2, 0.25) is 0 Å². The molecule has 102 valence electrons. The number of allylic oxidation sites excluding steroid dienone is 2. The Morgan fingerprint density at radius 3 is 2.20 bits per heavy atom. The normalized spacial score (nSPS) is 10.2. The minimum absolute atomic E-state index is 0.218. The fourth-order valence-corrected chi connectivity index (χ4v) is 2.31. The van der Waals surface area contributed by atoms with Gasteiger partial charge in [0.1, 0.15) is 11.5 Å². The second-order valence-corrected chi connectivity index (χ2v) is 4.60. The Balaban J connectivity index is 2.62.